The molecular weight excluding hydrogens is 252 g/mol. The maximum atomic E-state index is 2.38. The summed E-state index contributed by atoms with van der Waals surface area (Å²) in [5, 5.41) is 12.2. The van der Waals surface area contributed by atoms with Gasteiger partial charge in [-0.3, -0.25) is 0 Å². The van der Waals surface area contributed by atoms with Crippen molar-refractivity contribution in [3.63, 3.8) is 0 Å². The molecule has 0 unspecified atom stereocenters. The molecule has 21 heavy (non-hydrogen) atoms. The summed E-state index contributed by atoms with van der Waals surface area (Å²) in [6.45, 7) is 0. The van der Waals surface area contributed by atoms with Gasteiger partial charge >= 0.3 is 0 Å². The SMILES string of the molecule is c1cc2c3c4c1Cc1ccc5c[c-]6ccc(c3c6c5c14)C2. The molecule has 0 aromatic heterocycles. The third kappa shape index (κ3) is 0.804. The Bertz CT molecular complexity index is 1170. The highest BCUT2D eigenvalue weighted by Gasteiger charge is 2.24. The van der Waals surface area contributed by atoms with Crippen LogP contribution in [0.1, 0.15) is 22.3 Å². The van der Waals surface area contributed by atoms with Gasteiger partial charge in [0.05, 0.1) is 0 Å². The molecule has 0 bridgehead atoms. The smallest absolute Gasteiger partial charge is 0.00204 e. The van der Waals surface area contributed by atoms with Gasteiger partial charge in [-0.25, -0.2) is 0 Å². The zero-order valence-corrected chi connectivity index (χ0v) is 11.5. The topological polar surface area (TPSA) is 0 Å². The fourth-order valence-corrected chi connectivity index (χ4v) is 5.10. The van der Waals surface area contributed by atoms with Crippen molar-refractivity contribution in [1.82, 2.24) is 0 Å². The summed E-state index contributed by atoms with van der Waals surface area (Å²) in [6, 6.07) is 16.5. The minimum absolute atomic E-state index is 1.11. The van der Waals surface area contributed by atoms with Crippen molar-refractivity contribution < 1.29 is 0 Å². The Morgan fingerprint density at radius 2 is 1.24 bits per heavy atom. The Hall–Kier alpha value is -2.47. The van der Waals surface area contributed by atoms with Crippen molar-refractivity contribution in [2.75, 3.05) is 0 Å². The maximum Gasteiger partial charge on any atom is -0.00204 e. The third-order valence-corrected chi connectivity index (χ3v) is 5.85. The first-order chi connectivity index (χ1) is 10.4. The first-order valence-corrected chi connectivity index (χ1v) is 7.72. The molecule has 2 aliphatic carbocycles. The van der Waals surface area contributed by atoms with Crippen LogP contribution >= 0.6 is 0 Å². The quantitative estimate of drug-likeness (QED) is 0.258. The van der Waals surface area contributed by atoms with Gasteiger partial charge in [-0.1, -0.05) is 40.4 Å². The zero-order valence-electron chi connectivity index (χ0n) is 11.5. The Morgan fingerprint density at radius 3 is 2.05 bits per heavy atom. The zero-order chi connectivity index (χ0) is 13.3. The molecular formula is C21H11-. The summed E-state index contributed by atoms with van der Waals surface area (Å²) in [6.07, 6.45) is 2.23. The van der Waals surface area contributed by atoms with Crippen LogP contribution in [0.4, 0.5) is 0 Å². The molecule has 5 aromatic carbocycles. The number of hydrogen-bond acceptors (Lipinski definition) is 0. The fourth-order valence-electron chi connectivity index (χ4n) is 5.10. The summed E-state index contributed by atoms with van der Waals surface area (Å²) in [4.78, 5) is 0. The second-order valence-electron chi connectivity index (χ2n) is 6.76. The highest BCUT2D eigenvalue weighted by Crippen LogP contribution is 2.52. The summed E-state index contributed by atoms with van der Waals surface area (Å²) >= 11 is 0. The van der Waals surface area contributed by atoms with E-state index in [1.165, 1.54) is 43.8 Å². The van der Waals surface area contributed by atoms with Gasteiger partial charge in [0, 0.05) is 0 Å². The van der Waals surface area contributed by atoms with Gasteiger partial charge in [0.1, 0.15) is 0 Å². The van der Waals surface area contributed by atoms with Crippen LogP contribution in [0.15, 0.2) is 42.5 Å². The molecule has 0 saturated carbocycles. The van der Waals surface area contributed by atoms with Crippen molar-refractivity contribution in [3.8, 4) is 0 Å². The van der Waals surface area contributed by atoms with E-state index in [0.717, 1.165) is 12.8 Å². The van der Waals surface area contributed by atoms with Gasteiger partial charge in [-0.15, -0.1) is 34.5 Å². The summed E-state index contributed by atoms with van der Waals surface area (Å²) < 4.78 is 0. The molecule has 96 valence electrons. The van der Waals surface area contributed by atoms with Crippen LogP contribution in [0, 0.1) is 0 Å². The van der Waals surface area contributed by atoms with Crippen LogP contribution in [-0.2, 0) is 12.8 Å². The predicted octanol–water partition coefficient (Wildman–Crippen LogP) is 5.26. The number of rotatable bonds is 0. The fraction of sp³-hybridized carbons (Fsp3) is 0.0952. The monoisotopic (exact) mass is 263 g/mol. The molecule has 0 aliphatic heterocycles. The molecule has 0 spiro atoms. The molecule has 0 N–H and O–H groups in total. The lowest BCUT2D eigenvalue weighted by molar-refractivity contribution is 1.24. The molecule has 2 aliphatic rings. The van der Waals surface area contributed by atoms with Crippen molar-refractivity contribution in [2.45, 2.75) is 12.8 Å². The minimum atomic E-state index is 1.11. The molecule has 0 atom stereocenters. The second-order valence-corrected chi connectivity index (χ2v) is 6.76. The van der Waals surface area contributed by atoms with E-state index >= 15 is 0 Å². The molecule has 5 aromatic rings. The molecule has 7 rings (SSSR count). The molecule has 0 radical (unpaired) electrons. The Balaban J connectivity index is 2.09. The molecule has 0 saturated heterocycles. The minimum Gasteiger partial charge on any atom is -0.122 e. The van der Waals surface area contributed by atoms with Crippen molar-refractivity contribution >= 4 is 43.1 Å². The predicted molar refractivity (Wildman–Crippen MR) is 88.9 cm³/mol. The van der Waals surface area contributed by atoms with Gasteiger partial charge in [0.25, 0.3) is 0 Å². The Labute approximate surface area is 121 Å². The third-order valence-electron chi connectivity index (χ3n) is 5.85. The van der Waals surface area contributed by atoms with E-state index in [-0.39, 0.29) is 0 Å². The molecule has 0 amide bonds. The van der Waals surface area contributed by atoms with E-state index in [2.05, 4.69) is 42.5 Å². The molecule has 0 heteroatoms. The van der Waals surface area contributed by atoms with Crippen LogP contribution in [0.3, 0.4) is 0 Å². The Kier molecular flexibility index (Phi) is 1.19. The molecule has 0 nitrogen and oxygen atoms in total. The molecule has 0 heterocycles. The standard InChI is InChI=1S/C21H11/c1-2-11-8-13-5-6-15-9-14-4-3-12-7-10(1)16-17(11)19(13)21(15)20(14)18(12)16/h1-7H,8-9H2/q-1. The number of benzene rings is 4. The van der Waals surface area contributed by atoms with E-state index in [9.17, 15) is 0 Å². The van der Waals surface area contributed by atoms with E-state index in [1.807, 2.05) is 0 Å². The van der Waals surface area contributed by atoms with Crippen LogP contribution < -0.4 is 0 Å². The van der Waals surface area contributed by atoms with E-state index in [0.29, 0.717) is 0 Å². The summed E-state index contributed by atoms with van der Waals surface area (Å²) in [5.41, 5.74) is 6.13. The van der Waals surface area contributed by atoms with Crippen molar-refractivity contribution in [1.29, 1.82) is 0 Å². The largest absolute Gasteiger partial charge is 0.122 e. The van der Waals surface area contributed by atoms with Gasteiger partial charge in [-0.05, 0) is 45.7 Å². The van der Waals surface area contributed by atoms with Gasteiger partial charge < -0.3 is 0 Å². The van der Waals surface area contributed by atoms with Crippen LogP contribution in [0.5, 0.6) is 0 Å². The van der Waals surface area contributed by atoms with Gasteiger partial charge in [0.2, 0.25) is 0 Å². The lowest BCUT2D eigenvalue weighted by Gasteiger charge is -2.14. The highest BCUT2D eigenvalue weighted by molar-refractivity contribution is 6.39. The molecule has 0 fully saturated rings. The lowest BCUT2D eigenvalue weighted by atomic mass is 9.95. The van der Waals surface area contributed by atoms with Crippen molar-refractivity contribution in [3.05, 3.63) is 64.7 Å². The van der Waals surface area contributed by atoms with Crippen LogP contribution in [0.2, 0.25) is 0 Å². The first-order valence-electron chi connectivity index (χ1n) is 7.72. The average molecular weight is 263 g/mol. The summed E-state index contributed by atoms with van der Waals surface area (Å²) in [7, 11) is 0. The van der Waals surface area contributed by atoms with Crippen LogP contribution in [-0.4, -0.2) is 0 Å². The van der Waals surface area contributed by atoms with Gasteiger partial charge in [-0.2, -0.15) is 0 Å². The average Bonchev–Trinajstić information content (AvgIpc) is 3.14. The lowest BCUT2D eigenvalue weighted by Crippen LogP contribution is -1.83. The maximum absolute atomic E-state index is 2.38. The highest BCUT2D eigenvalue weighted by atomic mass is 14.3. The Morgan fingerprint density at radius 1 is 0.619 bits per heavy atom. The second kappa shape index (κ2) is 2.65. The van der Waals surface area contributed by atoms with Crippen molar-refractivity contribution in [2.24, 2.45) is 0 Å². The first kappa shape index (κ1) is 9.46. The number of hydrogen-bond donors (Lipinski definition) is 0. The summed E-state index contributed by atoms with van der Waals surface area (Å²) in [5.74, 6) is 0. The van der Waals surface area contributed by atoms with E-state index < -0.39 is 0 Å². The van der Waals surface area contributed by atoms with E-state index in [4.69, 9.17) is 0 Å². The van der Waals surface area contributed by atoms with E-state index in [1.54, 1.807) is 21.5 Å². The normalized spacial score (nSPS) is 15.2. The van der Waals surface area contributed by atoms with Crippen LogP contribution in [0.25, 0.3) is 43.1 Å². The van der Waals surface area contributed by atoms with Gasteiger partial charge in [0.15, 0.2) is 0 Å².